The van der Waals surface area contributed by atoms with Crippen molar-refractivity contribution in [2.75, 3.05) is 45.9 Å². The fourth-order valence-electron chi connectivity index (χ4n) is 6.24. The number of amides is 1. The molecule has 1 atom stereocenters. The van der Waals surface area contributed by atoms with Crippen LogP contribution >= 0.6 is 11.3 Å². The molecule has 14 heteroatoms. The monoisotopic (exact) mass is 640 g/mol. The van der Waals surface area contributed by atoms with Gasteiger partial charge in [-0.25, -0.2) is 9.02 Å². The molecular weight excluding hydrogens is 603 g/mol. The molecule has 4 aromatic rings. The molecule has 0 bridgehead atoms. The minimum Gasteiger partial charge on any atom is -0.506 e. The summed E-state index contributed by atoms with van der Waals surface area (Å²) in [5.41, 5.74) is 3.45. The number of aromatic nitrogens is 3. The van der Waals surface area contributed by atoms with E-state index in [1.807, 2.05) is 11.0 Å². The number of benzene rings is 2. The number of likely N-dealkylation sites (tertiary alicyclic amines) is 1. The zero-order valence-corrected chi connectivity index (χ0v) is 25.9. The van der Waals surface area contributed by atoms with Crippen molar-refractivity contribution in [1.82, 2.24) is 30.4 Å². The second-order valence-corrected chi connectivity index (χ2v) is 12.9. The molecule has 1 spiro atoms. The van der Waals surface area contributed by atoms with E-state index in [0.717, 1.165) is 48.4 Å². The van der Waals surface area contributed by atoms with Gasteiger partial charge in [-0.3, -0.25) is 14.5 Å². The Hall–Kier alpha value is -3.69. The van der Waals surface area contributed by atoms with Crippen molar-refractivity contribution in [3.63, 3.8) is 0 Å². The second-order valence-electron chi connectivity index (χ2n) is 11.9. The van der Waals surface area contributed by atoms with Gasteiger partial charge in [0, 0.05) is 44.8 Å². The van der Waals surface area contributed by atoms with Gasteiger partial charge in [0.05, 0.1) is 29.4 Å². The molecule has 2 saturated heterocycles. The van der Waals surface area contributed by atoms with Crippen LogP contribution in [0.4, 0.5) is 4.39 Å². The van der Waals surface area contributed by atoms with E-state index >= 15 is 0 Å². The summed E-state index contributed by atoms with van der Waals surface area (Å²) in [5.74, 6) is -0.328. The first-order valence-electron chi connectivity index (χ1n) is 15.1. The third-order valence-corrected chi connectivity index (χ3v) is 9.66. The number of nitrogens with zero attached hydrogens (tertiary/aromatic N) is 4. The Labute approximate surface area is 262 Å². The number of aromatic hydroxyl groups is 1. The molecule has 6 rings (SSSR count). The van der Waals surface area contributed by atoms with E-state index in [4.69, 9.17) is 9.37 Å². The molecule has 2 fully saturated rings. The van der Waals surface area contributed by atoms with Gasteiger partial charge in [0.15, 0.2) is 0 Å². The molecular formula is C31H37FN6O6S. The molecule has 0 radical (unpaired) electrons. The Bertz CT molecular complexity index is 1710. The third-order valence-electron chi connectivity index (χ3n) is 8.73. The highest BCUT2D eigenvalue weighted by molar-refractivity contribution is 7.16. The first kappa shape index (κ1) is 31.3. The van der Waals surface area contributed by atoms with Crippen LogP contribution in [0.2, 0.25) is 0 Å². The van der Waals surface area contributed by atoms with Gasteiger partial charge in [0.1, 0.15) is 28.5 Å². The molecule has 2 aromatic carbocycles. The lowest BCUT2D eigenvalue weighted by Crippen LogP contribution is -2.58. The Morgan fingerprint density at radius 1 is 1.20 bits per heavy atom. The van der Waals surface area contributed by atoms with Gasteiger partial charge in [-0.2, -0.15) is 0 Å². The largest absolute Gasteiger partial charge is 0.506 e. The van der Waals surface area contributed by atoms with Crippen molar-refractivity contribution < 1.29 is 28.8 Å². The van der Waals surface area contributed by atoms with Crippen LogP contribution in [0.3, 0.4) is 0 Å². The van der Waals surface area contributed by atoms with Crippen LogP contribution in [-0.2, 0) is 28.9 Å². The predicted octanol–water partition coefficient (Wildman–Crippen LogP) is 2.43. The predicted molar refractivity (Wildman–Crippen MR) is 165 cm³/mol. The highest BCUT2D eigenvalue weighted by atomic mass is 32.1. The molecule has 4 heterocycles. The van der Waals surface area contributed by atoms with Crippen molar-refractivity contribution >= 4 is 27.5 Å². The summed E-state index contributed by atoms with van der Waals surface area (Å²) in [7, 11) is 0. The van der Waals surface area contributed by atoms with Gasteiger partial charge in [0.2, 0.25) is 5.91 Å². The van der Waals surface area contributed by atoms with Crippen LogP contribution < -0.4 is 10.2 Å². The standard InChI is InChI=1S/C31H37FN6O6S/c1-19-24(36-44-35-19)15-27(41)38-10-11-43-31(18-38)5-8-37(9-6-31)17-21-12-20(13-22(32)14-21)4-7-33-16-26(40)23-2-3-25(39)28-29(23)45-30(42)34-28/h2-3,12-14,26,33,39-40H,4-11,15-18H2,1H3,(H,34,42). The highest BCUT2D eigenvalue weighted by Crippen LogP contribution is 2.32. The maximum absolute atomic E-state index is 14.6. The average Bonchev–Trinajstić information content (AvgIpc) is 3.61. The number of phenolic OH excluding ortho intramolecular Hbond substituents is 1. The van der Waals surface area contributed by atoms with Crippen LogP contribution in [0, 0.1) is 12.7 Å². The number of carbonyl (C=O) groups excluding carboxylic acids is 1. The first-order valence-corrected chi connectivity index (χ1v) is 15.9. The number of hydrogen-bond acceptors (Lipinski definition) is 11. The van der Waals surface area contributed by atoms with E-state index < -0.39 is 6.10 Å². The number of ether oxygens (including phenoxy) is 1. The average molecular weight is 641 g/mol. The summed E-state index contributed by atoms with van der Waals surface area (Å²) in [5, 5.41) is 31.5. The van der Waals surface area contributed by atoms with Crippen LogP contribution in [0.1, 0.15) is 47.0 Å². The minimum absolute atomic E-state index is 0.00755. The molecule has 0 aliphatic carbocycles. The number of rotatable bonds is 10. The third kappa shape index (κ3) is 7.25. The van der Waals surface area contributed by atoms with E-state index in [-0.39, 0.29) is 40.9 Å². The highest BCUT2D eigenvalue weighted by Gasteiger charge is 2.41. The molecule has 240 valence electrons. The number of aliphatic hydroxyl groups is 1. The van der Waals surface area contributed by atoms with E-state index in [2.05, 4.69) is 25.5 Å². The number of morpholine rings is 1. The van der Waals surface area contributed by atoms with Crippen LogP contribution in [0.15, 0.2) is 39.8 Å². The van der Waals surface area contributed by atoms with Crippen LogP contribution in [-0.4, -0.2) is 92.7 Å². The lowest BCUT2D eigenvalue weighted by atomic mass is 9.89. The van der Waals surface area contributed by atoms with E-state index in [1.54, 1.807) is 19.1 Å². The molecule has 4 N–H and O–H groups in total. The molecule has 2 aliphatic heterocycles. The Balaban J connectivity index is 0.981. The number of carbonyl (C=O) groups is 1. The zero-order valence-electron chi connectivity index (χ0n) is 25.1. The number of nitrogens with one attached hydrogen (secondary N) is 2. The summed E-state index contributed by atoms with van der Waals surface area (Å²) in [6, 6.07) is 8.20. The van der Waals surface area contributed by atoms with Gasteiger partial charge >= 0.3 is 4.87 Å². The minimum atomic E-state index is -0.877. The van der Waals surface area contributed by atoms with Gasteiger partial charge in [-0.05, 0) is 62.1 Å². The molecule has 12 nitrogen and oxygen atoms in total. The van der Waals surface area contributed by atoms with Crippen molar-refractivity contribution in [2.45, 2.75) is 50.9 Å². The maximum atomic E-state index is 14.6. The van der Waals surface area contributed by atoms with Gasteiger partial charge in [0.25, 0.3) is 0 Å². The van der Waals surface area contributed by atoms with Gasteiger partial charge in [-0.1, -0.05) is 33.8 Å². The number of piperidine rings is 1. The maximum Gasteiger partial charge on any atom is 0.305 e. The number of halogens is 1. The number of fused-ring (bicyclic) bond motifs is 1. The summed E-state index contributed by atoms with van der Waals surface area (Å²) in [4.78, 5) is 31.2. The molecule has 1 amide bonds. The molecule has 1 unspecified atom stereocenters. The van der Waals surface area contributed by atoms with Crippen LogP contribution in [0.25, 0.3) is 10.2 Å². The summed E-state index contributed by atoms with van der Waals surface area (Å²) in [6.45, 7) is 6.29. The van der Waals surface area contributed by atoms with Crippen molar-refractivity contribution in [1.29, 1.82) is 0 Å². The quantitative estimate of drug-likeness (QED) is 0.190. The van der Waals surface area contributed by atoms with Crippen molar-refractivity contribution in [3.8, 4) is 5.75 Å². The van der Waals surface area contributed by atoms with E-state index in [9.17, 15) is 24.2 Å². The first-order chi connectivity index (χ1) is 21.7. The smallest absolute Gasteiger partial charge is 0.305 e. The number of aliphatic hydroxyl groups excluding tert-OH is 1. The number of phenols is 1. The van der Waals surface area contributed by atoms with E-state index in [1.165, 1.54) is 12.1 Å². The van der Waals surface area contributed by atoms with E-state index in [0.29, 0.717) is 66.4 Å². The van der Waals surface area contributed by atoms with Gasteiger partial charge < -0.3 is 30.2 Å². The number of aromatic amines is 1. The summed E-state index contributed by atoms with van der Waals surface area (Å²) < 4.78 is 26.1. The summed E-state index contributed by atoms with van der Waals surface area (Å²) in [6.07, 6.45) is 1.42. The number of hydrogen-bond donors (Lipinski definition) is 4. The number of aryl methyl sites for hydroxylation is 1. The Kier molecular flexibility index (Phi) is 9.28. The molecule has 45 heavy (non-hydrogen) atoms. The topological polar surface area (TPSA) is 157 Å². The van der Waals surface area contributed by atoms with Crippen molar-refractivity contribution in [3.05, 3.63) is 73.9 Å². The molecule has 2 aliphatic rings. The fraction of sp³-hybridized carbons (Fsp3) is 0.484. The fourth-order valence-corrected chi connectivity index (χ4v) is 7.16. The zero-order chi connectivity index (χ0) is 31.6. The second kappa shape index (κ2) is 13.3. The Morgan fingerprint density at radius 3 is 2.78 bits per heavy atom. The lowest BCUT2D eigenvalue weighted by Gasteiger charge is -2.47. The summed E-state index contributed by atoms with van der Waals surface area (Å²) >= 11 is 0.949. The number of H-pyrrole nitrogens is 1. The number of thiazole rings is 1. The molecule has 0 saturated carbocycles. The van der Waals surface area contributed by atoms with Gasteiger partial charge in [-0.15, -0.1) is 0 Å². The lowest BCUT2D eigenvalue weighted by molar-refractivity contribution is -0.159. The molecule has 2 aromatic heterocycles. The van der Waals surface area contributed by atoms with Crippen molar-refractivity contribution in [2.24, 2.45) is 0 Å². The normalized spacial score (nSPS) is 17.7. The SMILES string of the molecule is Cc1nonc1CC(=O)N1CCOC2(CCN(Cc3cc(F)cc(CCNCC(O)c4ccc(O)c5[nH]c(=O)sc45)c3)CC2)C1. The Morgan fingerprint density at radius 2 is 2.00 bits per heavy atom. The van der Waals surface area contributed by atoms with Crippen LogP contribution in [0.5, 0.6) is 5.75 Å².